The highest BCUT2D eigenvalue weighted by molar-refractivity contribution is 7.99. The molecule has 5 nitrogen and oxygen atoms in total. The molecule has 0 saturated heterocycles. The Balaban J connectivity index is 1.69. The molecule has 28 heavy (non-hydrogen) atoms. The van der Waals surface area contributed by atoms with E-state index in [9.17, 15) is 9.59 Å². The van der Waals surface area contributed by atoms with Crippen molar-refractivity contribution in [3.8, 4) is 0 Å². The lowest BCUT2D eigenvalue weighted by Gasteiger charge is -2.10. The van der Waals surface area contributed by atoms with Crippen molar-refractivity contribution in [1.82, 2.24) is 14.1 Å². The summed E-state index contributed by atoms with van der Waals surface area (Å²) in [5, 5.41) is 1.36. The molecule has 4 rings (SSSR count). The first-order valence-corrected chi connectivity index (χ1v) is 11.2. The molecule has 0 aliphatic heterocycles. The van der Waals surface area contributed by atoms with Gasteiger partial charge in [-0.15, -0.1) is 17.9 Å². The van der Waals surface area contributed by atoms with Crippen LogP contribution in [0.4, 0.5) is 0 Å². The Morgan fingerprint density at radius 2 is 2.18 bits per heavy atom. The van der Waals surface area contributed by atoms with Crippen molar-refractivity contribution in [2.45, 2.75) is 44.8 Å². The van der Waals surface area contributed by atoms with Crippen LogP contribution in [0.3, 0.4) is 0 Å². The number of aromatic nitrogens is 3. The quantitative estimate of drug-likeness (QED) is 0.265. The minimum absolute atomic E-state index is 0.00835. The van der Waals surface area contributed by atoms with Crippen molar-refractivity contribution in [1.29, 1.82) is 0 Å². The van der Waals surface area contributed by atoms with Gasteiger partial charge in [-0.3, -0.25) is 14.2 Å². The molecule has 146 valence electrons. The molecule has 0 saturated carbocycles. The van der Waals surface area contributed by atoms with Gasteiger partial charge in [-0.1, -0.05) is 17.8 Å². The van der Waals surface area contributed by atoms with E-state index in [0.29, 0.717) is 11.7 Å². The monoisotopic (exact) mass is 413 g/mol. The summed E-state index contributed by atoms with van der Waals surface area (Å²) in [5.74, 6) is 0.309. The van der Waals surface area contributed by atoms with E-state index < -0.39 is 0 Å². The van der Waals surface area contributed by atoms with Crippen LogP contribution in [-0.2, 0) is 26.4 Å². The summed E-state index contributed by atoms with van der Waals surface area (Å²) in [6.45, 7) is 8.12. The first-order chi connectivity index (χ1) is 13.4. The van der Waals surface area contributed by atoms with Crippen molar-refractivity contribution in [3.05, 3.63) is 56.5 Å². The second-order valence-electron chi connectivity index (χ2n) is 7.19. The molecule has 1 aliphatic rings. The number of hydrogen-bond acceptors (Lipinski definition) is 5. The molecule has 1 aliphatic carbocycles. The Bertz CT molecular complexity index is 1170. The van der Waals surface area contributed by atoms with Crippen molar-refractivity contribution in [3.63, 3.8) is 0 Å². The van der Waals surface area contributed by atoms with Crippen LogP contribution in [-0.4, -0.2) is 25.7 Å². The molecule has 0 aromatic carbocycles. The van der Waals surface area contributed by atoms with Gasteiger partial charge in [0.25, 0.3) is 5.56 Å². The maximum Gasteiger partial charge on any atom is 0.263 e. The molecule has 0 unspecified atom stereocenters. The van der Waals surface area contributed by atoms with Crippen LogP contribution in [0, 0.1) is 13.8 Å². The van der Waals surface area contributed by atoms with Crippen LogP contribution >= 0.6 is 23.1 Å². The molecule has 0 spiro atoms. The Labute approximate surface area is 172 Å². The van der Waals surface area contributed by atoms with E-state index in [4.69, 9.17) is 4.98 Å². The minimum Gasteiger partial charge on any atom is -0.351 e. The molecule has 0 N–H and O–H groups in total. The molecule has 0 atom stereocenters. The molecule has 0 amide bonds. The third kappa shape index (κ3) is 3.06. The number of allylic oxidation sites excluding steroid dienone is 1. The third-order valence-corrected chi connectivity index (χ3v) is 7.67. The number of carbonyl (C=O) groups excluding carboxylic acids is 1. The average molecular weight is 414 g/mol. The second kappa shape index (κ2) is 7.37. The first-order valence-electron chi connectivity index (χ1n) is 9.37. The van der Waals surface area contributed by atoms with Gasteiger partial charge in [0.2, 0.25) is 0 Å². The summed E-state index contributed by atoms with van der Waals surface area (Å²) in [6, 6.07) is 1.93. The lowest BCUT2D eigenvalue weighted by molar-refractivity contribution is 0.102. The van der Waals surface area contributed by atoms with E-state index in [1.807, 2.05) is 31.5 Å². The van der Waals surface area contributed by atoms with Crippen LogP contribution in [0.1, 0.15) is 38.6 Å². The number of rotatable bonds is 6. The number of aryl methyl sites for hydroxylation is 3. The number of fused-ring (bicyclic) bond motifs is 3. The van der Waals surface area contributed by atoms with E-state index in [0.717, 1.165) is 46.4 Å². The molecular formula is C21H23N3O2S2. The van der Waals surface area contributed by atoms with Crippen molar-refractivity contribution in [2.75, 3.05) is 5.75 Å². The summed E-state index contributed by atoms with van der Waals surface area (Å²) >= 11 is 2.96. The molecule has 0 bridgehead atoms. The zero-order chi connectivity index (χ0) is 20.0. The fraction of sp³-hybridized carbons (Fsp3) is 0.381. The summed E-state index contributed by atoms with van der Waals surface area (Å²) in [5.41, 5.74) is 3.93. The highest BCUT2D eigenvalue weighted by atomic mass is 32.2. The second-order valence-corrected chi connectivity index (χ2v) is 9.22. The molecule has 0 fully saturated rings. The Morgan fingerprint density at radius 1 is 1.39 bits per heavy atom. The topological polar surface area (TPSA) is 56.9 Å². The average Bonchev–Trinajstić information content (AvgIpc) is 3.32. The van der Waals surface area contributed by atoms with Crippen molar-refractivity contribution < 1.29 is 4.79 Å². The SMILES string of the molecule is C=CCn1c(SCC(=O)c2cc(C)n(C)c2C)nc2sc3c(c2c1=O)CCC3. The Kier molecular flexibility index (Phi) is 5.05. The number of nitrogens with zero attached hydrogens (tertiary/aromatic N) is 3. The van der Waals surface area contributed by atoms with Crippen LogP contribution in [0.15, 0.2) is 28.7 Å². The smallest absolute Gasteiger partial charge is 0.263 e. The first kappa shape index (κ1) is 19.2. The lowest BCUT2D eigenvalue weighted by Crippen LogP contribution is -2.23. The zero-order valence-corrected chi connectivity index (χ0v) is 18.0. The summed E-state index contributed by atoms with van der Waals surface area (Å²) in [6.07, 6.45) is 4.81. The molecular weight excluding hydrogens is 390 g/mol. The number of carbonyl (C=O) groups is 1. The van der Waals surface area contributed by atoms with Crippen LogP contribution in [0.2, 0.25) is 0 Å². The normalized spacial score (nSPS) is 13.2. The predicted molar refractivity (Wildman–Crippen MR) is 116 cm³/mol. The van der Waals surface area contributed by atoms with Gasteiger partial charge >= 0.3 is 0 Å². The van der Waals surface area contributed by atoms with Crippen molar-refractivity contribution in [2.24, 2.45) is 7.05 Å². The van der Waals surface area contributed by atoms with Gasteiger partial charge in [0.05, 0.1) is 11.1 Å². The molecule has 0 radical (unpaired) electrons. The minimum atomic E-state index is -0.00835. The summed E-state index contributed by atoms with van der Waals surface area (Å²) in [7, 11) is 1.96. The van der Waals surface area contributed by atoms with Gasteiger partial charge in [0.1, 0.15) is 4.83 Å². The molecule has 3 aromatic heterocycles. The lowest BCUT2D eigenvalue weighted by atomic mass is 10.2. The fourth-order valence-corrected chi connectivity index (χ4v) is 6.00. The molecule has 3 heterocycles. The van der Waals surface area contributed by atoms with E-state index >= 15 is 0 Å². The van der Waals surface area contributed by atoms with Crippen LogP contribution in [0.25, 0.3) is 10.2 Å². The summed E-state index contributed by atoms with van der Waals surface area (Å²) in [4.78, 5) is 32.8. The zero-order valence-electron chi connectivity index (χ0n) is 16.4. The molecule has 7 heteroatoms. The maximum atomic E-state index is 13.2. The Hall–Kier alpha value is -2.12. The van der Waals surface area contributed by atoms with E-state index in [1.165, 1.54) is 22.2 Å². The van der Waals surface area contributed by atoms with Gasteiger partial charge in [-0.2, -0.15) is 0 Å². The van der Waals surface area contributed by atoms with Crippen molar-refractivity contribution >= 4 is 39.1 Å². The van der Waals surface area contributed by atoms with E-state index in [2.05, 4.69) is 6.58 Å². The van der Waals surface area contributed by atoms with Crippen LogP contribution in [0.5, 0.6) is 0 Å². The predicted octanol–water partition coefficient (Wildman–Crippen LogP) is 4.06. The van der Waals surface area contributed by atoms with E-state index in [-0.39, 0.29) is 17.1 Å². The number of ketones is 1. The Morgan fingerprint density at radius 3 is 2.86 bits per heavy atom. The van der Waals surface area contributed by atoms with E-state index in [1.54, 1.807) is 22.0 Å². The number of hydrogen-bond donors (Lipinski definition) is 0. The molecule has 3 aromatic rings. The highest BCUT2D eigenvalue weighted by Crippen LogP contribution is 2.35. The number of thiophene rings is 1. The third-order valence-electron chi connectivity index (χ3n) is 5.51. The number of Topliss-reactive ketones (excluding diaryl/α,β-unsaturated/α-hetero) is 1. The van der Waals surface area contributed by atoms with Gasteiger partial charge in [0.15, 0.2) is 10.9 Å². The standard InChI is InChI=1S/C21H23N3O2S2/c1-5-9-24-20(26)18-14-7-6-8-17(14)28-19(18)22-21(24)27-11-16(25)15-10-12(2)23(4)13(15)3/h5,10H,1,6-9,11H2,2-4H3. The van der Waals surface area contributed by atoms with Gasteiger partial charge < -0.3 is 4.57 Å². The van der Waals surface area contributed by atoms with Crippen LogP contribution < -0.4 is 5.56 Å². The summed E-state index contributed by atoms with van der Waals surface area (Å²) < 4.78 is 3.67. The van der Waals surface area contributed by atoms with Gasteiger partial charge in [0, 0.05) is 35.4 Å². The number of thioether (sulfide) groups is 1. The highest BCUT2D eigenvalue weighted by Gasteiger charge is 2.23. The van der Waals surface area contributed by atoms with Gasteiger partial charge in [-0.05, 0) is 44.7 Å². The fourth-order valence-electron chi connectivity index (χ4n) is 3.80. The van der Waals surface area contributed by atoms with Gasteiger partial charge in [-0.25, -0.2) is 4.98 Å². The largest absolute Gasteiger partial charge is 0.351 e. The maximum absolute atomic E-state index is 13.2.